The van der Waals surface area contributed by atoms with Crippen LogP contribution in [-0.4, -0.2) is 52.6 Å². The molecule has 2 fully saturated rings. The van der Waals surface area contributed by atoms with Crippen LogP contribution >= 0.6 is 0 Å². The van der Waals surface area contributed by atoms with Crippen molar-refractivity contribution in [3.8, 4) is 0 Å². The molecule has 6 heteroatoms. The molecule has 1 N–H and O–H groups in total. The van der Waals surface area contributed by atoms with E-state index in [9.17, 15) is 4.79 Å². The number of carbonyl (C=O) groups is 1. The molecule has 2 saturated heterocycles. The van der Waals surface area contributed by atoms with Gasteiger partial charge in [-0.3, -0.25) is 4.68 Å². The van der Waals surface area contributed by atoms with Crippen molar-refractivity contribution in [3.63, 3.8) is 0 Å². The van der Waals surface area contributed by atoms with Crippen molar-refractivity contribution in [2.75, 3.05) is 26.2 Å². The predicted octanol–water partition coefficient (Wildman–Crippen LogP) is 2.92. The highest BCUT2D eigenvalue weighted by atomic mass is 16.6. The van der Waals surface area contributed by atoms with Gasteiger partial charge in [0.25, 0.3) is 0 Å². The first-order valence-electron chi connectivity index (χ1n) is 9.15. The van der Waals surface area contributed by atoms with Gasteiger partial charge in [0.2, 0.25) is 0 Å². The van der Waals surface area contributed by atoms with Gasteiger partial charge in [0.15, 0.2) is 0 Å². The summed E-state index contributed by atoms with van der Waals surface area (Å²) in [6.45, 7) is 9.40. The molecule has 24 heavy (non-hydrogen) atoms. The fourth-order valence-corrected chi connectivity index (χ4v) is 3.56. The molecule has 2 aliphatic rings. The van der Waals surface area contributed by atoms with E-state index in [0.717, 1.165) is 39.0 Å². The fourth-order valence-electron chi connectivity index (χ4n) is 3.56. The predicted molar refractivity (Wildman–Crippen MR) is 93.1 cm³/mol. The zero-order valence-corrected chi connectivity index (χ0v) is 15.1. The van der Waals surface area contributed by atoms with Crippen LogP contribution in [0, 0.1) is 0 Å². The van der Waals surface area contributed by atoms with Crippen LogP contribution in [0.2, 0.25) is 0 Å². The monoisotopic (exact) mass is 334 g/mol. The van der Waals surface area contributed by atoms with Gasteiger partial charge in [-0.25, -0.2) is 4.79 Å². The highest BCUT2D eigenvalue weighted by molar-refractivity contribution is 5.68. The van der Waals surface area contributed by atoms with E-state index in [1.165, 1.54) is 18.4 Å². The molecule has 3 rings (SSSR count). The van der Waals surface area contributed by atoms with E-state index in [2.05, 4.69) is 21.3 Å². The molecule has 0 aromatic carbocycles. The Bertz CT molecular complexity index is 550. The molecule has 0 aliphatic carbocycles. The van der Waals surface area contributed by atoms with Crippen LogP contribution in [-0.2, 0) is 4.74 Å². The van der Waals surface area contributed by atoms with E-state index < -0.39 is 5.60 Å². The lowest BCUT2D eigenvalue weighted by Gasteiger charge is -2.33. The Morgan fingerprint density at radius 3 is 2.50 bits per heavy atom. The third-order valence-electron chi connectivity index (χ3n) is 4.92. The topological polar surface area (TPSA) is 59.4 Å². The normalized spacial score (nSPS) is 21.0. The number of rotatable bonds is 2. The molecule has 0 atom stereocenters. The largest absolute Gasteiger partial charge is 0.444 e. The highest BCUT2D eigenvalue weighted by Gasteiger charge is 2.28. The summed E-state index contributed by atoms with van der Waals surface area (Å²) in [6.07, 6.45) is 8.34. The van der Waals surface area contributed by atoms with Crippen LogP contribution in [0.15, 0.2) is 12.4 Å². The first-order chi connectivity index (χ1) is 11.4. The average molecular weight is 334 g/mol. The van der Waals surface area contributed by atoms with Crippen molar-refractivity contribution < 1.29 is 9.53 Å². The average Bonchev–Trinajstić information content (AvgIpc) is 3.04. The van der Waals surface area contributed by atoms with Gasteiger partial charge in [0, 0.05) is 19.3 Å². The minimum atomic E-state index is -0.431. The molecule has 134 valence electrons. The van der Waals surface area contributed by atoms with E-state index in [1.54, 1.807) is 0 Å². The molecular weight excluding hydrogens is 304 g/mol. The SMILES string of the molecule is CC(C)(C)OC(=O)N1CCC(n2cc(C3CCNCC3)cn2)CC1. The Balaban J connectivity index is 1.53. The van der Waals surface area contributed by atoms with Gasteiger partial charge in [0.05, 0.1) is 12.2 Å². The van der Waals surface area contributed by atoms with Gasteiger partial charge in [-0.15, -0.1) is 0 Å². The van der Waals surface area contributed by atoms with Gasteiger partial charge < -0.3 is 15.0 Å². The molecule has 0 bridgehead atoms. The van der Waals surface area contributed by atoms with Crippen LogP contribution in [0.3, 0.4) is 0 Å². The first-order valence-corrected chi connectivity index (χ1v) is 9.15. The Morgan fingerprint density at radius 1 is 1.21 bits per heavy atom. The van der Waals surface area contributed by atoms with Gasteiger partial charge >= 0.3 is 6.09 Å². The van der Waals surface area contributed by atoms with E-state index >= 15 is 0 Å². The number of nitrogens with one attached hydrogen (secondary N) is 1. The lowest BCUT2D eigenvalue weighted by atomic mass is 9.92. The van der Waals surface area contributed by atoms with E-state index in [0.29, 0.717) is 12.0 Å². The van der Waals surface area contributed by atoms with Crippen LogP contribution < -0.4 is 5.32 Å². The molecule has 1 amide bonds. The molecular formula is C18H30N4O2. The van der Waals surface area contributed by atoms with Gasteiger partial charge in [0.1, 0.15) is 5.60 Å². The van der Waals surface area contributed by atoms with Gasteiger partial charge in [-0.1, -0.05) is 0 Å². The number of hydrogen-bond acceptors (Lipinski definition) is 4. The molecule has 0 spiro atoms. The maximum atomic E-state index is 12.1. The van der Waals surface area contributed by atoms with Gasteiger partial charge in [-0.2, -0.15) is 5.10 Å². The minimum absolute atomic E-state index is 0.197. The lowest BCUT2D eigenvalue weighted by molar-refractivity contribution is 0.0185. The number of aromatic nitrogens is 2. The van der Waals surface area contributed by atoms with Crippen molar-refractivity contribution in [2.24, 2.45) is 0 Å². The molecule has 2 aliphatic heterocycles. The summed E-state index contributed by atoms with van der Waals surface area (Å²) in [6, 6.07) is 0.388. The van der Waals surface area contributed by atoms with E-state index in [-0.39, 0.29) is 6.09 Å². The molecule has 1 aromatic heterocycles. The zero-order chi connectivity index (χ0) is 17.2. The van der Waals surface area contributed by atoms with Crippen molar-refractivity contribution in [3.05, 3.63) is 18.0 Å². The second-order valence-corrected chi connectivity index (χ2v) is 7.98. The number of ether oxygens (including phenoxy) is 1. The Hall–Kier alpha value is -1.56. The Morgan fingerprint density at radius 2 is 1.88 bits per heavy atom. The summed E-state index contributed by atoms with van der Waals surface area (Å²) in [5.74, 6) is 0.641. The summed E-state index contributed by atoms with van der Waals surface area (Å²) in [7, 11) is 0. The number of carbonyl (C=O) groups excluding carboxylic acids is 1. The molecule has 3 heterocycles. The van der Waals surface area contributed by atoms with Crippen molar-refractivity contribution in [1.29, 1.82) is 0 Å². The zero-order valence-electron chi connectivity index (χ0n) is 15.1. The fraction of sp³-hybridized carbons (Fsp3) is 0.778. The second-order valence-electron chi connectivity index (χ2n) is 7.98. The number of piperidine rings is 2. The van der Waals surface area contributed by atoms with Gasteiger partial charge in [-0.05, 0) is 71.0 Å². The molecule has 0 unspecified atom stereocenters. The number of amides is 1. The standard InChI is InChI=1S/C18H30N4O2/c1-18(2,3)24-17(23)21-10-6-16(7-11-21)22-13-15(12-20-22)14-4-8-19-9-5-14/h12-14,16,19H,4-11H2,1-3H3. The number of nitrogens with zero attached hydrogens (tertiary/aromatic N) is 3. The first kappa shape index (κ1) is 17.3. The summed E-state index contributed by atoms with van der Waals surface area (Å²) >= 11 is 0. The Labute approximate surface area is 144 Å². The smallest absolute Gasteiger partial charge is 0.410 e. The van der Waals surface area contributed by atoms with Crippen molar-refractivity contribution in [1.82, 2.24) is 20.0 Å². The third-order valence-corrected chi connectivity index (χ3v) is 4.92. The number of likely N-dealkylation sites (tertiary alicyclic amines) is 1. The Kier molecular flexibility index (Phi) is 5.13. The maximum Gasteiger partial charge on any atom is 0.410 e. The van der Waals surface area contributed by atoms with Crippen molar-refractivity contribution in [2.45, 2.75) is 64.0 Å². The number of hydrogen-bond donors (Lipinski definition) is 1. The van der Waals surface area contributed by atoms with Crippen LogP contribution in [0.1, 0.15) is 64.0 Å². The third kappa shape index (κ3) is 4.29. The summed E-state index contributed by atoms with van der Waals surface area (Å²) in [5.41, 5.74) is 0.936. The maximum absolute atomic E-state index is 12.1. The van der Waals surface area contributed by atoms with E-state index in [1.807, 2.05) is 31.9 Å². The highest BCUT2D eigenvalue weighted by Crippen LogP contribution is 2.28. The second kappa shape index (κ2) is 7.13. The lowest BCUT2D eigenvalue weighted by Crippen LogP contribution is -2.42. The van der Waals surface area contributed by atoms with E-state index in [4.69, 9.17) is 4.74 Å². The summed E-state index contributed by atoms with van der Waals surface area (Å²) in [5, 5.41) is 8.02. The van der Waals surface area contributed by atoms with Crippen LogP contribution in [0.25, 0.3) is 0 Å². The molecule has 0 saturated carbocycles. The molecule has 6 nitrogen and oxygen atoms in total. The quantitative estimate of drug-likeness (QED) is 0.903. The van der Waals surface area contributed by atoms with Crippen LogP contribution in [0.5, 0.6) is 0 Å². The minimum Gasteiger partial charge on any atom is -0.444 e. The summed E-state index contributed by atoms with van der Waals surface area (Å²) in [4.78, 5) is 14.0. The van der Waals surface area contributed by atoms with Crippen LogP contribution in [0.4, 0.5) is 4.79 Å². The van der Waals surface area contributed by atoms with Crippen molar-refractivity contribution >= 4 is 6.09 Å². The molecule has 0 radical (unpaired) electrons. The summed E-state index contributed by atoms with van der Waals surface area (Å²) < 4.78 is 7.58. The molecule has 1 aromatic rings.